The molecule has 4 aromatic rings. The van der Waals surface area contributed by atoms with Gasteiger partial charge in [-0.1, -0.05) is 30.3 Å². The van der Waals surface area contributed by atoms with Crippen LogP contribution in [0.2, 0.25) is 0 Å². The number of hydrazine groups is 1. The summed E-state index contributed by atoms with van der Waals surface area (Å²) in [6.45, 7) is 2.58. The van der Waals surface area contributed by atoms with Gasteiger partial charge >= 0.3 is 0 Å². The summed E-state index contributed by atoms with van der Waals surface area (Å²) in [6.07, 6.45) is 3.24. The number of pyridine rings is 1. The van der Waals surface area contributed by atoms with Crippen LogP contribution in [-0.4, -0.2) is 31.6 Å². The molecule has 0 radical (unpaired) electrons. The van der Waals surface area contributed by atoms with Gasteiger partial charge in [-0.15, -0.1) is 0 Å². The van der Waals surface area contributed by atoms with Crippen LogP contribution in [0.4, 0.5) is 0 Å². The van der Waals surface area contributed by atoms with Crippen molar-refractivity contribution in [3.8, 4) is 11.3 Å². The lowest BCUT2D eigenvalue weighted by molar-refractivity contribution is 0.0845. The topological polar surface area (TPSA) is 105 Å². The molecule has 2 amide bonds. The third-order valence-corrected chi connectivity index (χ3v) is 4.86. The molecule has 8 nitrogen and oxygen atoms in total. The van der Waals surface area contributed by atoms with E-state index in [4.69, 9.17) is 0 Å². The van der Waals surface area contributed by atoms with Gasteiger partial charge in [0.2, 0.25) is 0 Å². The summed E-state index contributed by atoms with van der Waals surface area (Å²) in [5.74, 6) is -0.911. The van der Waals surface area contributed by atoms with Crippen molar-refractivity contribution >= 4 is 38.8 Å². The summed E-state index contributed by atoms with van der Waals surface area (Å²) in [5, 5.41) is 4.93. The van der Waals surface area contributed by atoms with Crippen LogP contribution in [0.1, 0.15) is 27.8 Å². The van der Waals surface area contributed by atoms with E-state index in [0.717, 1.165) is 10.0 Å². The molecule has 0 atom stereocenters. The van der Waals surface area contributed by atoms with Gasteiger partial charge in [0.1, 0.15) is 5.69 Å². The van der Waals surface area contributed by atoms with Crippen molar-refractivity contribution in [3.63, 3.8) is 0 Å². The number of hydrogen-bond donors (Lipinski definition) is 3. The quantitative estimate of drug-likeness (QED) is 0.413. The predicted octanol–water partition coefficient (Wildman–Crippen LogP) is 3.28. The molecule has 0 aliphatic carbocycles. The molecule has 0 saturated carbocycles. The third-order valence-electron chi connectivity index (χ3n) is 4.40. The first-order valence-corrected chi connectivity index (χ1v) is 9.72. The van der Waals surface area contributed by atoms with Crippen LogP contribution in [0, 0.1) is 0 Å². The molecule has 3 N–H and O–H groups in total. The van der Waals surface area contributed by atoms with Crippen molar-refractivity contribution in [1.82, 2.24) is 30.6 Å². The van der Waals surface area contributed by atoms with E-state index >= 15 is 0 Å². The zero-order valence-electron chi connectivity index (χ0n) is 15.4. The van der Waals surface area contributed by atoms with Crippen molar-refractivity contribution in [3.05, 3.63) is 70.6 Å². The number of nitrogens with one attached hydrogen (secondary N) is 3. The highest BCUT2D eigenvalue weighted by Crippen LogP contribution is 2.24. The van der Waals surface area contributed by atoms with Gasteiger partial charge in [-0.25, -0.2) is 9.67 Å². The summed E-state index contributed by atoms with van der Waals surface area (Å²) >= 11 is 3.27. The lowest BCUT2D eigenvalue weighted by Crippen LogP contribution is -2.41. The molecule has 4 rings (SSSR count). The Bertz CT molecular complexity index is 1200. The Labute approximate surface area is 174 Å². The zero-order valence-corrected chi connectivity index (χ0v) is 17.0. The second kappa shape index (κ2) is 7.88. The number of halogens is 1. The fourth-order valence-electron chi connectivity index (χ4n) is 2.97. The standard InChI is InChI=1S/C20H17BrN6O2/c1-2-27-18-15(11-23-27)14(9-16(24-18)12-6-4-3-5-7-12)19(28)25-26-20(29)17-8-13(21)10-22-17/h3-11,22H,2H2,1H3,(H,25,28)(H,26,29). The molecular formula is C20H17BrN6O2. The Hall–Kier alpha value is -3.46. The van der Waals surface area contributed by atoms with Crippen LogP contribution in [0.3, 0.4) is 0 Å². The first kappa shape index (κ1) is 18.9. The Morgan fingerprint density at radius 1 is 1.14 bits per heavy atom. The number of aromatic amines is 1. The first-order valence-electron chi connectivity index (χ1n) is 8.93. The van der Waals surface area contributed by atoms with E-state index in [2.05, 4.69) is 41.8 Å². The predicted molar refractivity (Wildman–Crippen MR) is 112 cm³/mol. The van der Waals surface area contributed by atoms with Crippen LogP contribution < -0.4 is 10.9 Å². The van der Waals surface area contributed by atoms with E-state index in [-0.39, 0.29) is 0 Å². The molecule has 0 aliphatic heterocycles. The normalized spacial score (nSPS) is 10.8. The highest BCUT2D eigenvalue weighted by atomic mass is 79.9. The second-order valence-electron chi connectivity index (χ2n) is 6.26. The van der Waals surface area contributed by atoms with Gasteiger partial charge in [0.05, 0.1) is 22.8 Å². The van der Waals surface area contributed by atoms with Gasteiger partial charge in [0, 0.05) is 22.8 Å². The van der Waals surface area contributed by atoms with Gasteiger partial charge in [0.25, 0.3) is 11.8 Å². The minimum atomic E-state index is -0.457. The number of nitrogens with zero attached hydrogens (tertiary/aromatic N) is 3. The van der Waals surface area contributed by atoms with Crippen molar-refractivity contribution in [2.75, 3.05) is 0 Å². The summed E-state index contributed by atoms with van der Waals surface area (Å²) in [7, 11) is 0. The Kier molecular flexibility index (Phi) is 5.13. The van der Waals surface area contributed by atoms with E-state index in [1.165, 1.54) is 0 Å². The van der Waals surface area contributed by atoms with E-state index in [0.29, 0.717) is 34.5 Å². The summed E-state index contributed by atoms with van der Waals surface area (Å²) in [5.41, 5.74) is 7.72. The van der Waals surface area contributed by atoms with Gasteiger partial charge < -0.3 is 4.98 Å². The third kappa shape index (κ3) is 3.77. The zero-order chi connectivity index (χ0) is 20.4. The number of rotatable bonds is 4. The second-order valence-corrected chi connectivity index (χ2v) is 7.17. The number of fused-ring (bicyclic) bond motifs is 1. The molecule has 146 valence electrons. The van der Waals surface area contributed by atoms with E-state index in [1.807, 2.05) is 37.3 Å². The van der Waals surface area contributed by atoms with Crippen molar-refractivity contribution in [2.45, 2.75) is 13.5 Å². The lowest BCUT2D eigenvalue weighted by Gasteiger charge is -2.10. The van der Waals surface area contributed by atoms with Gasteiger partial charge in [-0.2, -0.15) is 5.10 Å². The molecule has 0 fully saturated rings. The molecule has 29 heavy (non-hydrogen) atoms. The van der Waals surface area contributed by atoms with Crippen LogP contribution >= 0.6 is 15.9 Å². The smallest absolute Gasteiger partial charge is 0.286 e. The molecule has 0 unspecified atom stereocenters. The Balaban J connectivity index is 1.67. The molecule has 0 saturated heterocycles. The number of hydrogen-bond acceptors (Lipinski definition) is 4. The van der Waals surface area contributed by atoms with E-state index < -0.39 is 11.8 Å². The number of H-pyrrole nitrogens is 1. The number of amides is 2. The van der Waals surface area contributed by atoms with Crippen LogP contribution in [0.25, 0.3) is 22.3 Å². The van der Waals surface area contributed by atoms with Gasteiger partial charge in [0.15, 0.2) is 5.65 Å². The number of carbonyl (C=O) groups is 2. The van der Waals surface area contributed by atoms with Crippen molar-refractivity contribution in [1.29, 1.82) is 0 Å². The van der Waals surface area contributed by atoms with E-state index in [1.54, 1.807) is 29.2 Å². The molecule has 9 heteroatoms. The fourth-order valence-corrected chi connectivity index (χ4v) is 3.31. The highest BCUT2D eigenvalue weighted by Gasteiger charge is 2.18. The molecule has 0 spiro atoms. The largest absolute Gasteiger partial charge is 0.356 e. The van der Waals surface area contributed by atoms with Crippen LogP contribution in [-0.2, 0) is 6.54 Å². The number of aromatic nitrogens is 4. The fraction of sp³-hybridized carbons (Fsp3) is 0.100. The summed E-state index contributed by atoms with van der Waals surface area (Å²) in [6, 6.07) is 12.9. The minimum Gasteiger partial charge on any atom is -0.356 e. The van der Waals surface area contributed by atoms with E-state index in [9.17, 15) is 9.59 Å². The monoisotopic (exact) mass is 452 g/mol. The molecule has 0 aliphatic rings. The van der Waals surface area contributed by atoms with Crippen LogP contribution in [0.15, 0.2) is 59.3 Å². The van der Waals surface area contributed by atoms with Gasteiger partial charge in [-0.05, 0) is 35.0 Å². The number of benzene rings is 1. The average Bonchev–Trinajstić information content (AvgIpc) is 3.37. The van der Waals surface area contributed by atoms with Crippen molar-refractivity contribution in [2.24, 2.45) is 0 Å². The summed E-state index contributed by atoms with van der Waals surface area (Å²) in [4.78, 5) is 32.6. The minimum absolute atomic E-state index is 0.320. The highest BCUT2D eigenvalue weighted by molar-refractivity contribution is 9.10. The SMILES string of the molecule is CCn1ncc2c(C(=O)NNC(=O)c3cc(Br)c[nH]3)cc(-c3ccccc3)nc21. The van der Waals surface area contributed by atoms with Gasteiger partial charge in [-0.3, -0.25) is 20.4 Å². The maximum atomic E-state index is 12.9. The maximum absolute atomic E-state index is 12.9. The molecule has 3 aromatic heterocycles. The molecule has 0 bridgehead atoms. The molecular weight excluding hydrogens is 436 g/mol. The molecule has 3 heterocycles. The molecule has 1 aromatic carbocycles. The Morgan fingerprint density at radius 3 is 2.59 bits per heavy atom. The average molecular weight is 453 g/mol. The number of carbonyl (C=O) groups excluding carboxylic acids is 2. The van der Waals surface area contributed by atoms with Crippen LogP contribution in [0.5, 0.6) is 0 Å². The first-order chi connectivity index (χ1) is 14.1. The summed E-state index contributed by atoms with van der Waals surface area (Å²) < 4.78 is 2.47. The lowest BCUT2D eigenvalue weighted by atomic mass is 10.1. The maximum Gasteiger partial charge on any atom is 0.286 e. The van der Waals surface area contributed by atoms with Crippen molar-refractivity contribution < 1.29 is 9.59 Å². The number of aryl methyl sites for hydroxylation is 1. The Morgan fingerprint density at radius 2 is 1.90 bits per heavy atom.